The van der Waals surface area contributed by atoms with E-state index in [-0.39, 0.29) is 30.2 Å². The first-order chi connectivity index (χ1) is 25.9. The summed E-state index contributed by atoms with van der Waals surface area (Å²) in [5, 5.41) is 5.70. The predicted molar refractivity (Wildman–Crippen MR) is 232 cm³/mol. The molecule has 4 aliphatic carbocycles. The van der Waals surface area contributed by atoms with Gasteiger partial charge in [0.2, 0.25) is 0 Å². The van der Waals surface area contributed by atoms with Crippen LogP contribution in [0.25, 0.3) is 43.8 Å². The summed E-state index contributed by atoms with van der Waals surface area (Å²) >= 11 is 1.74. The van der Waals surface area contributed by atoms with E-state index in [1.54, 1.807) is 34.5 Å². The number of hydrogen-bond acceptors (Lipinski definition) is 0. The molecule has 0 spiro atoms. The van der Waals surface area contributed by atoms with Crippen LogP contribution in [0.2, 0.25) is 13.1 Å². The Labute approximate surface area is 365 Å². The van der Waals surface area contributed by atoms with E-state index in [9.17, 15) is 0 Å². The number of halogens is 2. The quantitative estimate of drug-likeness (QED) is 0.116. The van der Waals surface area contributed by atoms with E-state index < -0.39 is 0 Å². The molecule has 4 bridgehead atoms. The van der Waals surface area contributed by atoms with Gasteiger partial charge in [0, 0.05) is 0 Å². The topological polar surface area (TPSA) is 0 Å². The van der Waals surface area contributed by atoms with Gasteiger partial charge in [-0.25, -0.2) is 0 Å². The average molecular weight is 875 g/mol. The van der Waals surface area contributed by atoms with Crippen molar-refractivity contribution in [3.05, 3.63) is 130 Å². The predicted octanol–water partition coefficient (Wildman–Crippen LogP) is 8.72. The third-order valence-corrected chi connectivity index (χ3v) is 13.6. The van der Waals surface area contributed by atoms with Crippen molar-refractivity contribution in [3.8, 4) is 22.3 Å². The van der Waals surface area contributed by atoms with Crippen LogP contribution < -0.4 is 24.8 Å². The second-order valence-electron chi connectivity index (χ2n) is 18.7. The van der Waals surface area contributed by atoms with Crippen LogP contribution in [0, 0.1) is 50.4 Å². The Bertz CT molecular complexity index is 2100. The number of aryl methyl sites for hydroxylation is 4. The van der Waals surface area contributed by atoms with Gasteiger partial charge in [-0.2, -0.15) is 12.1 Å². The van der Waals surface area contributed by atoms with Crippen molar-refractivity contribution in [1.82, 2.24) is 0 Å². The van der Waals surface area contributed by atoms with Crippen molar-refractivity contribution in [2.24, 2.45) is 22.7 Å². The Morgan fingerprint density at radius 2 is 0.893 bits per heavy atom. The van der Waals surface area contributed by atoms with E-state index in [2.05, 4.69) is 138 Å². The van der Waals surface area contributed by atoms with E-state index in [1.165, 1.54) is 143 Å². The van der Waals surface area contributed by atoms with Gasteiger partial charge in [0.05, 0.1) is 0 Å². The third-order valence-electron chi connectivity index (χ3n) is 13.6. The van der Waals surface area contributed by atoms with Crippen LogP contribution in [0.1, 0.15) is 97.6 Å². The zero-order valence-corrected chi connectivity index (χ0v) is 39.6. The fourth-order valence-corrected chi connectivity index (χ4v) is 11.5. The van der Waals surface area contributed by atoms with Crippen molar-refractivity contribution >= 4 is 27.0 Å². The minimum Gasteiger partial charge on any atom is -1.00 e. The molecule has 6 aromatic rings. The fourth-order valence-electron chi connectivity index (χ4n) is 11.5. The van der Waals surface area contributed by atoms with Crippen molar-refractivity contribution in [2.75, 3.05) is 0 Å². The summed E-state index contributed by atoms with van der Waals surface area (Å²) in [5.74, 6) is 2.07. The smallest absolute Gasteiger partial charge is 0.0270 e. The van der Waals surface area contributed by atoms with Crippen molar-refractivity contribution in [1.29, 1.82) is 0 Å². The van der Waals surface area contributed by atoms with Gasteiger partial charge < -0.3 is 24.8 Å². The fraction of sp³-hybridized carbons (Fsp3) is 0.423. The molecule has 0 nitrogen and oxygen atoms in total. The molecule has 0 amide bonds. The van der Waals surface area contributed by atoms with E-state index in [0.717, 1.165) is 11.8 Å². The standard InChI is InChI=1S/2C25H27.C2H6Si.2ClH.Zr/c2*1-17-10-18(2)12-22(11-17)23-5-3-4-21-13-20(14-24(21)23)16-25-8-6-19(15-25)7-9-25;1-3-2;;;/h2*3-5,10-14,19H,6-9,15-16H2,1-2H3;1-2H3;2*1H;/q2*-1;;;;+2/p-2. The normalized spacial score (nSPS) is 22.9. The van der Waals surface area contributed by atoms with E-state index in [1.807, 2.05) is 0 Å². The maximum atomic E-state index is 2.49. The summed E-state index contributed by atoms with van der Waals surface area (Å²) in [4.78, 5) is 0. The van der Waals surface area contributed by atoms with Crippen molar-refractivity contribution < 1.29 is 48.1 Å². The van der Waals surface area contributed by atoms with Crippen LogP contribution in [0.4, 0.5) is 0 Å². The first-order valence-electron chi connectivity index (χ1n) is 21.0. The van der Waals surface area contributed by atoms with Crippen LogP contribution >= 0.6 is 0 Å². The Morgan fingerprint density at radius 1 is 0.554 bits per heavy atom. The Morgan fingerprint density at radius 3 is 1.20 bits per heavy atom. The summed E-state index contributed by atoms with van der Waals surface area (Å²) < 4.78 is 0. The van der Waals surface area contributed by atoms with Gasteiger partial charge in [0.15, 0.2) is 0 Å². The monoisotopic (exact) mass is 872 g/mol. The molecule has 0 radical (unpaired) electrons. The van der Waals surface area contributed by atoms with Crippen LogP contribution in [0.15, 0.2) is 97.1 Å². The van der Waals surface area contributed by atoms with Crippen LogP contribution in [0.5, 0.6) is 0 Å². The molecular formula is C52H60Cl2SiZr-2. The molecule has 0 N–H and O–H groups in total. The molecule has 4 fully saturated rings. The van der Waals surface area contributed by atoms with Gasteiger partial charge in [-0.1, -0.05) is 81.9 Å². The van der Waals surface area contributed by atoms with Crippen LogP contribution in [-0.2, 0) is 36.2 Å². The van der Waals surface area contributed by atoms with Gasteiger partial charge in [0.1, 0.15) is 0 Å². The molecular weight excluding hydrogens is 815 g/mol. The minimum absolute atomic E-state index is 0. The zero-order chi connectivity index (χ0) is 37.6. The number of rotatable bonds is 6. The molecule has 10 rings (SSSR count). The Kier molecular flexibility index (Phi) is 13.9. The molecule has 0 aliphatic heterocycles. The Hall–Kier alpha value is -2.22. The summed E-state index contributed by atoms with van der Waals surface area (Å²) in [6.45, 7) is 13.4. The van der Waals surface area contributed by atoms with Crippen molar-refractivity contribution in [2.45, 2.75) is 118 Å². The van der Waals surface area contributed by atoms with E-state index in [4.69, 9.17) is 0 Å². The minimum atomic E-state index is 0. The van der Waals surface area contributed by atoms with Gasteiger partial charge in [-0.15, -0.1) is 69.1 Å². The molecule has 4 aliphatic rings. The molecule has 292 valence electrons. The first kappa shape index (κ1) is 43.4. The van der Waals surface area contributed by atoms with Gasteiger partial charge >= 0.3 is 41.9 Å². The maximum Gasteiger partial charge on any atom is -0.0270 e. The summed E-state index contributed by atoms with van der Waals surface area (Å²) in [6.07, 6.45) is 17.3. The summed E-state index contributed by atoms with van der Waals surface area (Å²) in [6, 6.07) is 37.3. The number of hydrogen-bond donors (Lipinski definition) is 0. The molecule has 0 aromatic heterocycles. The Balaban J connectivity index is 0.000000168. The zero-order valence-electron chi connectivity index (χ0n) is 34.6. The second-order valence-corrected chi connectivity index (χ2v) is 28.1. The van der Waals surface area contributed by atoms with Gasteiger partial charge in [-0.3, -0.25) is 0 Å². The van der Waals surface area contributed by atoms with Gasteiger partial charge in [-0.05, 0) is 139 Å². The molecule has 6 aromatic carbocycles. The van der Waals surface area contributed by atoms with Crippen LogP contribution in [-0.4, -0.2) is 5.43 Å². The van der Waals surface area contributed by atoms with E-state index >= 15 is 0 Å². The number of fused-ring (bicyclic) bond motifs is 6. The third kappa shape index (κ3) is 9.63. The number of benzene rings is 4. The first-order valence-corrected chi connectivity index (χ1v) is 27.2. The average Bonchev–Trinajstić information content (AvgIpc) is 3.97. The SMILES string of the molecule is C[Si](C)=[Zr+2].Cc1cc(C)cc(-c2cccc3[cH-]c(CC45CCC(CC4)C5)cc23)c1.Cc1cc(C)cc(-c2cccc3[cH-]c(CC45CCC(CC4)C5)cc23)c1.[Cl-].[Cl-]. The summed E-state index contributed by atoms with van der Waals surface area (Å²) in [7, 11) is 0. The van der Waals surface area contributed by atoms with Crippen molar-refractivity contribution in [3.63, 3.8) is 0 Å². The van der Waals surface area contributed by atoms with Gasteiger partial charge in [0.25, 0.3) is 0 Å². The largest absolute Gasteiger partial charge is 1.00 e. The molecule has 0 saturated heterocycles. The molecule has 4 heteroatoms. The molecule has 4 saturated carbocycles. The molecule has 0 heterocycles. The molecule has 56 heavy (non-hydrogen) atoms. The summed E-state index contributed by atoms with van der Waals surface area (Å²) in [5.41, 5.74) is 15.5. The maximum absolute atomic E-state index is 2.49. The molecule has 0 unspecified atom stereocenters. The second kappa shape index (κ2) is 18.0. The van der Waals surface area contributed by atoms with E-state index in [0.29, 0.717) is 10.8 Å². The molecule has 0 atom stereocenters. The van der Waals surface area contributed by atoms with Crippen LogP contribution in [0.3, 0.4) is 0 Å².